The molecule has 1 saturated carbocycles. The molecule has 0 N–H and O–H groups in total. The lowest BCUT2D eigenvalue weighted by atomic mass is 9.98. The van der Waals surface area contributed by atoms with E-state index in [0.29, 0.717) is 28.7 Å². The van der Waals surface area contributed by atoms with E-state index in [4.69, 9.17) is 25.8 Å². The summed E-state index contributed by atoms with van der Waals surface area (Å²) in [5, 5.41) is 5.12. The van der Waals surface area contributed by atoms with Crippen molar-refractivity contribution in [2.75, 3.05) is 14.2 Å². The molecule has 1 aliphatic carbocycles. The Bertz CT molecular complexity index is 983. The van der Waals surface area contributed by atoms with E-state index in [9.17, 15) is 9.18 Å². The van der Waals surface area contributed by atoms with Crippen LogP contribution in [0.15, 0.2) is 24.3 Å². The largest absolute Gasteiger partial charge is 0.473 e. The molecule has 0 aliphatic heterocycles. The predicted octanol–water partition coefficient (Wildman–Crippen LogP) is 5.97. The molecule has 0 atom stereocenters. The van der Waals surface area contributed by atoms with Crippen LogP contribution in [0.25, 0.3) is 0 Å². The Labute approximate surface area is 206 Å². The number of carbonyl (C=O) groups is 1. The number of ether oxygens (including phenoxy) is 3. The Morgan fingerprint density at radius 3 is 2.62 bits per heavy atom. The minimum atomic E-state index is -0.588. The summed E-state index contributed by atoms with van der Waals surface area (Å²) in [7, 11) is 3.42. The summed E-state index contributed by atoms with van der Waals surface area (Å²) in [4.78, 5) is 13.8. The van der Waals surface area contributed by atoms with E-state index in [2.05, 4.69) is 5.10 Å². The first-order valence-corrected chi connectivity index (χ1v) is 12.0. The number of aryl methyl sites for hydroxylation is 1. The van der Waals surface area contributed by atoms with Crippen LogP contribution >= 0.6 is 11.6 Å². The van der Waals surface area contributed by atoms with Gasteiger partial charge < -0.3 is 19.1 Å². The summed E-state index contributed by atoms with van der Waals surface area (Å²) in [5.74, 6) is 0.112. The van der Waals surface area contributed by atoms with Crippen molar-refractivity contribution < 1.29 is 23.4 Å². The van der Waals surface area contributed by atoms with Crippen LogP contribution in [0.3, 0.4) is 0 Å². The molecule has 188 valence electrons. The lowest BCUT2D eigenvalue weighted by Gasteiger charge is -2.27. The number of amides is 1. The first kappa shape index (κ1) is 26.3. The molecule has 7 nitrogen and oxygen atoms in total. The van der Waals surface area contributed by atoms with E-state index < -0.39 is 11.7 Å². The standard InChI is InChI=1S/C25H35ClFN3O4/c1-24(2,3)34-23(31)29(4)16-20-15-22(33-17-18-14-19(26)8-9-21(18)27)30(28-20)13-12-25(32-5)10-6-7-11-25/h8-9,14-15H,6-7,10-13,16-17H2,1-5H3. The van der Waals surface area contributed by atoms with Crippen molar-refractivity contribution >= 4 is 17.7 Å². The van der Waals surface area contributed by atoms with Gasteiger partial charge in [0, 0.05) is 37.4 Å². The minimum Gasteiger partial charge on any atom is -0.473 e. The highest BCUT2D eigenvalue weighted by Gasteiger charge is 2.33. The number of nitrogens with zero attached hydrogens (tertiary/aromatic N) is 3. The zero-order chi connectivity index (χ0) is 24.9. The molecule has 0 unspecified atom stereocenters. The molecule has 1 aliphatic rings. The summed E-state index contributed by atoms with van der Waals surface area (Å²) in [6.45, 7) is 6.31. The van der Waals surface area contributed by atoms with Gasteiger partial charge in [0.2, 0.25) is 5.88 Å². The summed E-state index contributed by atoms with van der Waals surface area (Å²) >= 11 is 6.02. The number of carbonyl (C=O) groups excluding carboxylic acids is 1. The van der Waals surface area contributed by atoms with Gasteiger partial charge in [0.1, 0.15) is 18.0 Å². The van der Waals surface area contributed by atoms with Crippen molar-refractivity contribution in [2.45, 2.75) is 83.8 Å². The van der Waals surface area contributed by atoms with E-state index >= 15 is 0 Å². The first-order chi connectivity index (χ1) is 16.0. The molecule has 0 radical (unpaired) electrons. The van der Waals surface area contributed by atoms with Crippen LogP contribution < -0.4 is 4.74 Å². The topological polar surface area (TPSA) is 65.8 Å². The van der Waals surface area contributed by atoms with Gasteiger partial charge in [-0.3, -0.25) is 0 Å². The molecular weight excluding hydrogens is 461 g/mol. The number of hydrogen-bond donors (Lipinski definition) is 0. The van der Waals surface area contributed by atoms with Gasteiger partial charge >= 0.3 is 6.09 Å². The minimum absolute atomic E-state index is 0.00878. The summed E-state index contributed by atoms with van der Waals surface area (Å²) in [6, 6.07) is 6.15. The van der Waals surface area contributed by atoms with E-state index in [1.54, 1.807) is 31.0 Å². The van der Waals surface area contributed by atoms with E-state index in [1.165, 1.54) is 17.0 Å². The zero-order valence-electron chi connectivity index (χ0n) is 20.7. The Hall–Kier alpha value is -2.32. The number of hydrogen-bond acceptors (Lipinski definition) is 5. The van der Waals surface area contributed by atoms with Crippen molar-refractivity contribution in [2.24, 2.45) is 0 Å². The average Bonchev–Trinajstić information content (AvgIpc) is 3.39. The van der Waals surface area contributed by atoms with Crippen LogP contribution in [0.2, 0.25) is 5.02 Å². The van der Waals surface area contributed by atoms with Gasteiger partial charge in [-0.2, -0.15) is 5.10 Å². The average molecular weight is 496 g/mol. The quantitative estimate of drug-likeness (QED) is 0.428. The molecule has 0 bridgehead atoms. The monoisotopic (exact) mass is 495 g/mol. The van der Waals surface area contributed by atoms with Crippen LogP contribution in [0, 0.1) is 5.82 Å². The second-order valence-electron chi connectivity index (χ2n) is 9.90. The fourth-order valence-electron chi connectivity index (χ4n) is 4.14. The molecule has 9 heteroatoms. The molecule has 1 fully saturated rings. The molecule has 1 aromatic heterocycles. The normalized spacial score (nSPS) is 15.4. The molecule has 2 aromatic rings. The molecule has 1 aromatic carbocycles. The lowest BCUT2D eigenvalue weighted by Crippen LogP contribution is -2.34. The zero-order valence-corrected chi connectivity index (χ0v) is 21.5. The van der Waals surface area contributed by atoms with Crippen molar-refractivity contribution in [3.63, 3.8) is 0 Å². The van der Waals surface area contributed by atoms with E-state index in [0.717, 1.165) is 32.1 Å². The van der Waals surface area contributed by atoms with Crippen LogP contribution in [-0.4, -0.2) is 46.1 Å². The third-order valence-electron chi connectivity index (χ3n) is 6.01. The van der Waals surface area contributed by atoms with Crippen LogP contribution in [0.5, 0.6) is 5.88 Å². The van der Waals surface area contributed by atoms with E-state index in [1.807, 2.05) is 20.8 Å². The van der Waals surface area contributed by atoms with Gasteiger partial charge in [0.15, 0.2) is 0 Å². The first-order valence-electron chi connectivity index (χ1n) is 11.6. The molecule has 34 heavy (non-hydrogen) atoms. The second-order valence-corrected chi connectivity index (χ2v) is 10.3. The summed E-state index contributed by atoms with van der Waals surface area (Å²) in [5.41, 5.74) is 0.260. The number of rotatable bonds is 9. The fourth-order valence-corrected chi connectivity index (χ4v) is 4.34. The van der Waals surface area contributed by atoms with Gasteiger partial charge in [-0.05, 0) is 58.2 Å². The lowest BCUT2D eigenvalue weighted by molar-refractivity contribution is -0.0156. The predicted molar refractivity (Wildman–Crippen MR) is 128 cm³/mol. The fraction of sp³-hybridized carbons (Fsp3) is 0.600. The highest BCUT2D eigenvalue weighted by molar-refractivity contribution is 6.30. The van der Waals surface area contributed by atoms with Gasteiger partial charge in [0.25, 0.3) is 0 Å². The second kappa shape index (κ2) is 11.0. The molecule has 0 saturated heterocycles. The summed E-state index contributed by atoms with van der Waals surface area (Å²) in [6.07, 6.45) is 4.68. The highest BCUT2D eigenvalue weighted by Crippen LogP contribution is 2.36. The van der Waals surface area contributed by atoms with Crippen LogP contribution in [0.4, 0.5) is 9.18 Å². The maximum atomic E-state index is 14.2. The molecule has 0 spiro atoms. The van der Waals surface area contributed by atoms with Gasteiger partial charge in [0.05, 0.1) is 17.8 Å². The Balaban J connectivity index is 1.76. The van der Waals surface area contributed by atoms with Gasteiger partial charge in [-0.15, -0.1) is 0 Å². The van der Waals surface area contributed by atoms with Crippen molar-refractivity contribution in [3.05, 3.63) is 46.4 Å². The molecule has 3 rings (SSSR count). The number of methoxy groups -OCH3 is 1. The van der Waals surface area contributed by atoms with Gasteiger partial charge in [-0.1, -0.05) is 24.4 Å². The Morgan fingerprint density at radius 2 is 1.97 bits per heavy atom. The maximum absolute atomic E-state index is 14.2. The SMILES string of the molecule is COC1(CCn2nc(CN(C)C(=O)OC(C)(C)C)cc2OCc2cc(Cl)ccc2F)CCCC1. The Morgan fingerprint density at radius 1 is 1.26 bits per heavy atom. The highest BCUT2D eigenvalue weighted by atomic mass is 35.5. The molecule has 1 amide bonds. The molecular formula is C25H35ClFN3O4. The van der Waals surface area contributed by atoms with Gasteiger partial charge in [-0.25, -0.2) is 13.9 Å². The number of halogens is 2. The Kier molecular flexibility index (Phi) is 8.47. The third-order valence-corrected chi connectivity index (χ3v) is 6.24. The van der Waals surface area contributed by atoms with Crippen LogP contribution in [0.1, 0.15) is 64.1 Å². The number of aromatic nitrogens is 2. The molecule has 1 heterocycles. The summed E-state index contributed by atoms with van der Waals surface area (Å²) < 4.78 is 33.2. The van der Waals surface area contributed by atoms with Crippen LogP contribution in [-0.2, 0) is 29.2 Å². The third kappa shape index (κ3) is 7.09. The van der Waals surface area contributed by atoms with Crippen molar-refractivity contribution in [3.8, 4) is 5.88 Å². The van der Waals surface area contributed by atoms with Crippen molar-refractivity contribution in [1.29, 1.82) is 0 Å². The van der Waals surface area contributed by atoms with E-state index in [-0.39, 0.29) is 24.6 Å². The van der Waals surface area contributed by atoms with Crippen molar-refractivity contribution in [1.82, 2.24) is 14.7 Å². The number of benzene rings is 1. The smallest absolute Gasteiger partial charge is 0.410 e. The maximum Gasteiger partial charge on any atom is 0.410 e.